The summed E-state index contributed by atoms with van der Waals surface area (Å²) in [5, 5.41) is 18.2. The van der Waals surface area contributed by atoms with Gasteiger partial charge in [0.25, 0.3) is 0 Å². The number of nitriles is 2. The van der Waals surface area contributed by atoms with E-state index < -0.39 is 0 Å². The van der Waals surface area contributed by atoms with E-state index in [9.17, 15) is 0 Å². The van der Waals surface area contributed by atoms with Crippen molar-refractivity contribution in [3.8, 4) is 12.1 Å². The minimum atomic E-state index is 0.231. The van der Waals surface area contributed by atoms with E-state index >= 15 is 0 Å². The van der Waals surface area contributed by atoms with Crippen LogP contribution in [-0.4, -0.2) is 0 Å². The summed E-state index contributed by atoms with van der Waals surface area (Å²) in [7, 11) is 0. The van der Waals surface area contributed by atoms with Crippen LogP contribution >= 0.6 is 11.8 Å². The van der Waals surface area contributed by atoms with Gasteiger partial charge < -0.3 is 0 Å². The molecule has 3 heteroatoms. The fourth-order valence-electron chi connectivity index (χ4n) is 3.13. The van der Waals surface area contributed by atoms with Crippen LogP contribution in [-0.2, 0) is 0 Å². The number of benzene rings is 2. The highest BCUT2D eigenvalue weighted by Gasteiger charge is 2.16. The molecule has 0 radical (unpaired) electrons. The van der Waals surface area contributed by atoms with Crippen LogP contribution in [0.2, 0.25) is 0 Å². The van der Waals surface area contributed by atoms with Crippen molar-refractivity contribution < 1.29 is 0 Å². The van der Waals surface area contributed by atoms with Gasteiger partial charge >= 0.3 is 0 Å². The van der Waals surface area contributed by atoms with Crippen LogP contribution in [0, 0.1) is 28.6 Å². The molecule has 27 heavy (non-hydrogen) atoms. The van der Waals surface area contributed by atoms with Crippen LogP contribution in [0.25, 0.3) is 6.08 Å². The largest absolute Gasteiger partial charge is 0.192 e. The average molecular weight is 369 g/mol. The topological polar surface area (TPSA) is 47.6 Å². The highest BCUT2D eigenvalue weighted by Crippen LogP contribution is 2.31. The highest BCUT2D eigenvalue weighted by molar-refractivity contribution is 7.99. The molecule has 0 amide bonds. The lowest BCUT2D eigenvalue weighted by atomic mass is 9.85. The van der Waals surface area contributed by atoms with Gasteiger partial charge in [-0.3, -0.25) is 0 Å². The van der Waals surface area contributed by atoms with E-state index in [1.807, 2.05) is 36.4 Å². The van der Waals surface area contributed by atoms with Crippen molar-refractivity contribution in [2.24, 2.45) is 5.92 Å². The number of rotatable bonds is 4. The second-order valence-corrected chi connectivity index (χ2v) is 7.82. The molecule has 0 saturated carbocycles. The molecule has 0 heterocycles. The molecule has 1 aliphatic rings. The molecule has 3 rings (SSSR count). The fraction of sp³-hybridized carbons (Fsp3) is 0.167. The lowest BCUT2D eigenvalue weighted by Crippen LogP contribution is -2.05. The first kappa shape index (κ1) is 18.8. The summed E-state index contributed by atoms with van der Waals surface area (Å²) in [6.07, 6.45) is 7.95. The first-order valence-electron chi connectivity index (χ1n) is 8.93. The van der Waals surface area contributed by atoms with Crippen LogP contribution in [0.5, 0.6) is 0 Å². The van der Waals surface area contributed by atoms with Gasteiger partial charge in [0, 0.05) is 9.79 Å². The van der Waals surface area contributed by atoms with Crippen LogP contribution in [0.15, 0.2) is 93.3 Å². The Hall–Kier alpha value is -3.01. The Bertz CT molecular complexity index is 952. The van der Waals surface area contributed by atoms with E-state index in [0.717, 1.165) is 29.6 Å². The van der Waals surface area contributed by atoms with Crippen molar-refractivity contribution in [1.29, 1.82) is 10.5 Å². The number of allylic oxidation sites excluding steroid dienone is 5. The van der Waals surface area contributed by atoms with Gasteiger partial charge in [-0.15, -0.1) is 0 Å². The molecule has 2 aromatic rings. The smallest absolute Gasteiger partial charge is 0.132 e. The van der Waals surface area contributed by atoms with Crippen LogP contribution in [0.4, 0.5) is 0 Å². The molecular weight excluding hydrogens is 348 g/mol. The van der Waals surface area contributed by atoms with E-state index in [-0.39, 0.29) is 5.57 Å². The second-order valence-electron chi connectivity index (χ2n) is 6.67. The summed E-state index contributed by atoms with van der Waals surface area (Å²) in [6, 6.07) is 22.8. The molecule has 0 aromatic heterocycles. The van der Waals surface area contributed by atoms with Crippen molar-refractivity contribution in [3.63, 3.8) is 0 Å². The number of nitrogens with zero attached hydrogens (tertiary/aromatic N) is 2. The summed E-state index contributed by atoms with van der Waals surface area (Å²) in [5.41, 5.74) is 3.38. The van der Waals surface area contributed by atoms with E-state index in [0.29, 0.717) is 5.92 Å². The molecule has 2 nitrogen and oxygen atoms in total. The quantitative estimate of drug-likeness (QED) is 0.575. The summed E-state index contributed by atoms with van der Waals surface area (Å²) >= 11 is 1.75. The molecule has 0 N–H and O–H groups in total. The van der Waals surface area contributed by atoms with Crippen LogP contribution in [0.1, 0.15) is 25.3 Å². The third kappa shape index (κ3) is 5.23. The molecule has 1 unspecified atom stereocenters. The molecule has 0 saturated heterocycles. The van der Waals surface area contributed by atoms with Gasteiger partial charge in [-0.1, -0.05) is 67.2 Å². The molecule has 0 spiro atoms. The van der Waals surface area contributed by atoms with Crippen molar-refractivity contribution in [2.45, 2.75) is 29.6 Å². The monoisotopic (exact) mass is 368 g/mol. The Balaban J connectivity index is 1.73. The Morgan fingerprint density at radius 2 is 1.59 bits per heavy atom. The van der Waals surface area contributed by atoms with Gasteiger partial charge in [-0.2, -0.15) is 10.5 Å². The maximum absolute atomic E-state index is 9.11. The van der Waals surface area contributed by atoms with E-state index in [4.69, 9.17) is 10.5 Å². The van der Waals surface area contributed by atoms with Crippen LogP contribution < -0.4 is 0 Å². The summed E-state index contributed by atoms with van der Waals surface area (Å²) in [6.45, 7) is 2.16. The average Bonchev–Trinajstić information content (AvgIpc) is 2.69. The Kier molecular flexibility index (Phi) is 6.31. The lowest BCUT2D eigenvalue weighted by Gasteiger charge is -2.19. The third-order valence-electron chi connectivity index (χ3n) is 4.41. The number of hydrogen-bond acceptors (Lipinski definition) is 3. The summed E-state index contributed by atoms with van der Waals surface area (Å²) in [4.78, 5) is 2.44. The number of hydrogen-bond donors (Lipinski definition) is 0. The van der Waals surface area contributed by atoms with Crippen LogP contribution in [0.3, 0.4) is 0 Å². The molecular formula is C24H20N2S. The normalized spacial score (nSPS) is 16.5. The molecule has 132 valence electrons. The standard InChI is InChI=1S/C24H20N2S/c1-18-13-20(15-21(14-18)22(16-25)17-26)8-7-19-9-11-24(12-10-19)27-23-5-3-2-4-6-23/h2-12,15,18H,13-14H2,1H3/b8-7+. The maximum atomic E-state index is 9.11. The van der Waals surface area contributed by atoms with Crippen molar-refractivity contribution >= 4 is 17.8 Å². The zero-order chi connectivity index (χ0) is 19.1. The third-order valence-corrected chi connectivity index (χ3v) is 5.42. The highest BCUT2D eigenvalue weighted by atomic mass is 32.2. The van der Waals surface area contributed by atoms with E-state index in [1.54, 1.807) is 11.8 Å². The van der Waals surface area contributed by atoms with Gasteiger partial charge in [0.2, 0.25) is 0 Å². The van der Waals surface area contributed by atoms with E-state index in [2.05, 4.69) is 55.5 Å². The molecule has 1 aliphatic carbocycles. The van der Waals surface area contributed by atoms with E-state index in [1.165, 1.54) is 9.79 Å². The Labute approximate surface area is 165 Å². The fourth-order valence-corrected chi connectivity index (χ4v) is 3.96. The minimum absolute atomic E-state index is 0.231. The van der Waals surface area contributed by atoms with Gasteiger partial charge in [-0.25, -0.2) is 0 Å². The zero-order valence-electron chi connectivity index (χ0n) is 15.2. The molecule has 0 aliphatic heterocycles. The van der Waals surface area contributed by atoms with Crippen molar-refractivity contribution in [2.75, 3.05) is 0 Å². The predicted molar refractivity (Wildman–Crippen MR) is 111 cm³/mol. The SMILES string of the molecule is CC1CC(/C=C/c2ccc(Sc3ccccc3)cc2)=CC(=C(C#N)C#N)C1. The molecule has 2 aromatic carbocycles. The van der Waals surface area contributed by atoms with Crippen molar-refractivity contribution in [3.05, 3.63) is 89.0 Å². The maximum Gasteiger partial charge on any atom is 0.132 e. The molecule has 0 bridgehead atoms. The second kappa shape index (κ2) is 9.08. The molecule has 0 fully saturated rings. The lowest BCUT2D eigenvalue weighted by molar-refractivity contribution is 0.565. The minimum Gasteiger partial charge on any atom is -0.192 e. The Morgan fingerprint density at radius 1 is 0.926 bits per heavy atom. The zero-order valence-corrected chi connectivity index (χ0v) is 16.0. The van der Waals surface area contributed by atoms with Gasteiger partial charge in [0.05, 0.1) is 0 Å². The Morgan fingerprint density at radius 3 is 2.26 bits per heavy atom. The van der Waals surface area contributed by atoms with Gasteiger partial charge in [0.1, 0.15) is 17.7 Å². The first-order valence-corrected chi connectivity index (χ1v) is 9.74. The van der Waals surface area contributed by atoms with Gasteiger partial charge in [-0.05, 0) is 59.7 Å². The van der Waals surface area contributed by atoms with Gasteiger partial charge in [0.15, 0.2) is 0 Å². The van der Waals surface area contributed by atoms with Crippen molar-refractivity contribution in [1.82, 2.24) is 0 Å². The first-order chi connectivity index (χ1) is 13.2. The molecule has 1 atom stereocenters. The predicted octanol–water partition coefficient (Wildman–Crippen LogP) is 6.55. The summed E-state index contributed by atoms with van der Waals surface area (Å²) in [5.74, 6) is 0.436. The summed E-state index contributed by atoms with van der Waals surface area (Å²) < 4.78 is 0.